The second kappa shape index (κ2) is 25.3. The number of carbonyl (C=O) groups excluding carboxylic acids is 1. The number of ether oxygens (including phenoxy) is 3. The molecule has 12 unspecified atom stereocenters. The van der Waals surface area contributed by atoms with Gasteiger partial charge in [-0.15, -0.1) is 0 Å². The molecule has 1 amide bonds. The van der Waals surface area contributed by atoms with E-state index in [9.17, 15) is 38.8 Å². The standard InChI is InChI=1S/C46H68N16O14P2/c1-2-3-4-5-6-7-8-9-10-11-12-13-14-15-30(64)59-31-35(65)46(62-25-58-34-40(49)52-22-55-43(34)62)74-37(31)36(76-77(66,67)68)28-16-27(73-44(28)60-23-56-32-38(47)50-20-53-41(32)60)19-71-78(69,70)75-29-17-26(18-63)72-45(29)61-24-57-33-39(48)51-21-54-42(33)61/h20-29,31,35-37,44-46,63,65H,2-19H2,1H3,(H,59,64)(H,69,70)(H2,47,50,53)(H2,48,51,54)(H2,49,52,55)(H2,66,67,68). The number of aromatic nitrogens is 12. The van der Waals surface area contributed by atoms with Crippen molar-refractivity contribution in [3.63, 3.8) is 0 Å². The molecule has 9 rings (SSSR count). The van der Waals surface area contributed by atoms with Crippen LogP contribution in [0.2, 0.25) is 0 Å². The number of fused-ring (bicyclic) bond motifs is 3. The third kappa shape index (κ3) is 13.2. The molecule has 12 atom stereocenters. The van der Waals surface area contributed by atoms with Crippen LogP contribution in [0.25, 0.3) is 33.5 Å². The predicted octanol–water partition coefficient (Wildman–Crippen LogP) is 3.64. The maximum atomic E-state index is 13.9. The van der Waals surface area contributed by atoms with Gasteiger partial charge in [-0.05, 0) is 12.8 Å². The number of amides is 1. The lowest BCUT2D eigenvalue weighted by molar-refractivity contribution is -0.124. The van der Waals surface area contributed by atoms with Gasteiger partial charge in [0.2, 0.25) is 5.91 Å². The van der Waals surface area contributed by atoms with Gasteiger partial charge in [0, 0.05) is 18.8 Å². The van der Waals surface area contributed by atoms with E-state index >= 15 is 0 Å². The molecule has 3 aliphatic heterocycles. The molecule has 30 nitrogen and oxygen atoms in total. The lowest BCUT2D eigenvalue weighted by Crippen LogP contribution is -2.53. The maximum Gasteiger partial charge on any atom is 0.472 e. The van der Waals surface area contributed by atoms with E-state index in [4.69, 9.17) is 45.0 Å². The number of nitrogens with zero attached hydrogens (tertiary/aromatic N) is 12. The Balaban J connectivity index is 0.955. The minimum atomic E-state index is -5.51. The largest absolute Gasteiger partial charge is 0.472 e. The van der Waals surface area contributed by atoms with Crippen LogP contribution in [0.1, 0.15) is 128 Å². The van der Waals surface area contributed by atoms with Crippen molar-refractivity contribution in [3.8, 4) is 0 Å². The highest BCUT2D eigenvalue weighted by Crippen LogP contribution is 2.53. The summed E-state index contributed by atoms with van der Waals surface area (Å²) in [4.78, 5) is 84.4. The Morgan fingerprint density at radius 1 is 0.679 bits per heavy atom. The monoisotopic (exact) mass is 1130 g/mol. The summed E-state index contributed by atoms with van der Waals surface area (Å²) in [7, 11) is -10.6. The molecule has 6 aromatic heterocycles. The third-order valence-electron chi connectivity index (χ3n) is 14.4. The summed E-state index contributed by atoms with van der Waals surface area (Å²) in [5, 5.41) is 25.2. The average molecular weight is 1130 g/mol. The van der Waals surface area contributed by atoms with Crippen molar-refractivity contribution >= 4 is 72.5 Å². The number of anilines is 3. The number of unbranched alkanes of at least 4 members (excludes halogenated alkanes) is 12. The second-order valence-electron chi connectivity index (χ2n) is 19.9. The van der Waals surface area contributed by atoms with E-state index in [0.717, 1.165) is 32.1 Å². The first-order chi connectivity index (χ1) is 37.5. The van der Waals surface area contributed by atoms with E-state index in [1.54, 1.807) is 0 Å². The molecule has 0 spiro atoms. The van der Waals surface area contributed by atoms with Crippen molar-refractivity contribution in [2.45, 2.75) is 171 Å². The molecule has 0 bridgehead atoms. The first-order valence-electron chi connectivity index (χ1n) is 26.3. The van der Waals surface area contributed by atoms with Crippen LogP contribution in [0.15, 0.2) is 38.0 Å². The van der Waals surface area contributed by atoms with Crippen LogP contribution in [0.4, 0.5) is 17.5 Å². The van der Waals surface area contributed by atoms with Gasteiger partial charge < -0.3 is 61.6 Å². The fourth-order valence-electron chi connectivity index (χ4n) is 10.6. The number of phosphoric ester groups is 2. The maximum absolute atomic E-state index is 13.9. The molecule has 3 aliphatic rings. The fourth-order valence-corrected chi connectivity index (χ4v) is 12.2. The summed E-state index contributed by atoms with van der Waals surface area (Å²) in [5.74, 6) is -1.59. The number of phosphoric acid groups is 2. The Hall–Kier alpha value is -5.46. The van der Waals surface area contributed by atoms with E-state index < -0.39 is 102 Å². The number of nitrogens with two attached hydrogens (primary N) is 3. The molecule has 32 heteroatoms. The van der Waals surface area contributed by atoms with Gasteiger partial charge in [0.15, 0.2) is 46.9 Å². The van der Waals surface area contributed by atoms with Gasteiger partial charge in [-0.3, -0.25) is 32.1 Å². The number of hydrogen-bond donors (Lipinski definition) is 9. The number of nitrogen functional groups attached to an aromatic ring is 3. The number of hydrogen-bond acceptors (Lipinski definition) is 23. The van der Waals surface area contributed by atoms with Crippen molar-refractivity contribution in [1.82, 2.24) is 63.9 Å². The van der Waals surface area contributed by atoms with Crippen molar-refractivity contribution < 1.29 is 66.6 Å². The van der Waals surface area contributed by atoms with E-state index in [1.807, 2.05) is 0 Å². The summed E-state index contributed by atoms with van der Waals surface area (Å²) >= 11 is 0. The Kier molecular flexibility index (Phi) is 18.6. The first-order valence-corrected chi connectivity index (χ1v) is 29.3. The van der Waals surface area contributed by atoms with Gasteiger partial charge in [-0.2, -0.15) is 0 Å². The quantitative estimate of drug-likeness (QED) is 0.0250. The Morgan fingerprint density at radius 3 is 1.68 bits per heavy atom. The zero-order chi connectivity index (χ0) is 55.1. The molecule has 9 heterocycles. The minimum absolute atomic E-state index is 0.000162. The summed E-state index contributed by atoms with van der Waals surface area (Å²) in [6.07, 6.45) is 9.61. The molecule has 426 valence electrons. The molecule has 78 heavy (non-hydrogen) atoms. The van der Waals surface area contributed by atoms with Crippen LogP contribution in [-0.2, 0) is 41.7 Å². The molecular formula is C46H68N16O14P2. The molecule has 0 saturated carbocycles. The van der Waals surface area contributed by atoms with Crippen LogP contribution >= 0.6 is 15.6 Å². The number of imidazole rings is 3. The second-order valence-corrected chi connectivity index (χ2v) is 22.5. The minimum Gasteiger partial charge on any atom is -0.394 e. The number of rotatable bonds is 28. The normalized spacial score (nSPS) is 25.9. The highest BCUT2D eigenvalue weighted by Gasteiger charge is 2.56. The highest BCUT2D eigenvalue weighted by atomic mass is 31.2. The zero-order valence-electron chi connectivity index (χ0n) is 42.9. The van der Waals surface area contributed by atoms with Crippen LogP contribution in [0, 0.1) is 5.92 Å². The van der Waals surface area contributed by atoms with Gasteiger partial charge in [0.25, 0.3) is 0 Å². The lowest BCUT2D eigenvalue weighted by atomic mass is 9.89. The van der Waals surface area contributed by atoms with Gasteiger partial charge in [-0.1, -0.05) is 84.0 Å². The molecule has 6 aromatic rings. The molecular weight excluding hydrogens is 1060 g/mol. The SMILES string of the molecule is CCCCCCCCCCCCCCCC(=O)NC1C(O)C(n2cnc3c(N)ncnc32)OC1C(OP(=O)(O)O)C1CC(COP(=O)(O)OC2CC(CO)OC2n2cnc3c(N)ncnc32)OC1n1cnc2c(N)ncnc21. The third-order valence-corrected chi connectivity index (χ3v) is 15.9. The smallest absolute Gasteiger partial charge is 0.394 e. The van der Waals surface area contributed by atoms with Crippen molar-refractivity contribution in [2.24, 2.45) is 5.92 Å². The summed E-state index contributed by atoms with van der Waals surface area (Å²) in [6.45, 7) is 1.09. The van der Waals surface area contributed by atoms with Crippen molar-refractivity contribution in [3.05, 3.63) is 38.0 Å². The molecule has 0 aromatic carbocycles. The summed E-state index contributed by atoms with van der Waals surface area (Å²) < 4.78 is 67.4. The lowest BCUT2D eigenvalue weighted by Gasteiger charge is -2.34. The molecule has 12 N–H and O–H groups in total. The van der Waals surface area contributed by atoms with E-state index in [2.05, 4.69) is 57.1 Å². The van der Waals surface area contributed by atoms with Crippen LogP contribution in [0.3, 0.4) is 0 Å². The van der Waals surface area contributed by atoms with Crippen molar-refractivity contribution in [2.75, 3.05) is 30.4 Å². The van der Waals surface area contributed by atoms with Crippen LogP contribution in [-0.4, -0.2) is 145 Å². The molecule has 0 radical (unpaired) electrons. The first kappa shape index (κ1) is 57.2. The highest BCUT2D eigenvalue weighted by molar-refractivity contribution is 7.47. The van der Waals surface area contributed by atoms with E-state index in [1.165, 1.54) is 96.6 Å². The van der Waals surface area contributed by atoms with Gasteiger partial charge >= 0.3 is 15.6 Å². The Labute approximate surface area is 447 Å². The van der Waals surface area contributed by atoms with Crippen molar-refractivity contribution in [1.29, 1.82) is 0 Å². The van der Waals surface area contributed by atoms with Crippen LogP contribution < -0.4 is 22.5 Å². The van der Waals surface area contributed by atoms with Gasteiger partial charge in [-0.25, -0.2) is 54.0 Å². The molecule has 3 saturated heterocycles. The molecule has 0 aliphatic carbocycles. The summed E-state index contributed by atoms with van der Waals surface area (Å²) in [5.41, 5.74) is 19.3. The number of nitrogens with one attached hydrogen (secondary N) is 1. The Bertz CT molecular complexity index is 3070. The summed E-state index contributed by atoms with van der Waals surface area (Å²) in [6, 6.07) is -1.41. The van der Waals surface area contributed by atoms with Gasteiger partial charge in [0.1, 0.15) is 66.2 Å². The predicted molar refractivity (Wildman–Crippen MR) is 277 cm³/mol. The zero-order valence-corrected chi connectivity index (χ0v) is 44.7. The van der Waals surface area contributed by atoms with Gasteiger partial charge in [0.05, 0.1) is 50.4 Å². The van der Waals surface area contributed by atoms with E-state index in [0.29, 0.717) is 6.42 Å². The average Bonchev–Trinajstić information content (AvgIpc) is 4.36. The number of aliphatic hydroxyl groups excluding tert-OH is 2. The van der Waals surface area contributed by atoms with Crippen LogP contribution in [0.5, 0.6) is 0 Å². The number of carbonyl (C=O) groups is 1. The fraction of sp³-hybridized carbons (Fsp3) is 0.652. The Morgan fingerprint density at radius 2 is 1.17 bits per heavy atom. The number of aliphatic hydroxyl groups is 2. The topological polar surface area (TPSA) is 429 Å². The molecule has 3 fully saturated rings. The van der Waals surface area contributed by atoms with E-state index in [-0.39, 0.29) is 70.2 Å².